The van der Waals surface area contributed by atoms with Crippen LogP contribution in [0, 0.1) is 12.8 Å². The standard InChI is InChI=1S/C18H21ClN4O/c1-12-4-3-7-23(10-12)17-6-5-14(19)8-16(17)22-18(24)15-9-20-11-21-13(15)2/h5-6,8-9,11-12H,3-4,7,10H2,1-2H3,(H,22,24). The second kappa shape index (κ2) is 7.18. The second-order valence-electron chi connectivity index (χ2n) is 6.33. The summed E-state index contributed by atoms with van der Waals surface area (Å²) in [6.45, 7) is 6.02. The molecule has 1 atom stereocenters. The Balaban J connectivity index is 1.88. The van der Waals surface area contributed by atoms with Crippen LogP contribution in [0.3, 0.4) is 0 Å². The number of aryl methyl sites for hydroxylation is 1. The van der Waals surface area contributed by atoms with Gasteiger partial charge in [0.15, 0.2) is 0 Å². The third-order valence-corrected chi connectivity index (χ3v) is 4.60. The highest BCUT2D eigenvalue weighted by Gasteiger charge is 2.20. The molecule has 3 rings (SSSR count). The molecule has 1 fully saturated rings. The minimum absolute atomic E-state index is 0.221. The van der Waals surface area contributed by atoms with Crippen LogP contribution in [0.15, 0.2) is 30.7 Å². The fourth-order valence-corrected chi connectivity index (χ4v) is 3.27. The normalized spacial score (nSPS) is 17.6. The minimum Gasteiger partial charge on any atom is -0.370 e. The van der Waals surface area contributed by atoms with Gasteiger partial charge in [0.05, 0.1) is 22.6 Å². The van der Waals surface area contributed by atoms with E-state index in [1.807, 2.05) is 12.1 Å². The third-order valence-electron chi connectivity index (χ3n) is 4.36. The van der Waals surface area contributed by atoms with Crippen molar-refractivity contribution in [2.75, 3.05) is 23.3 Å². The molecule has 0 aliphatic carbocycles. The molecule has 6 heteroatoms. The monoisotopic (exact) mass is 344 g/mol. The van der Waals surface area contributed by atoms with Crippen LogP contribution >= 0.6 is 11.6 Å². The first-order chi connectivity index (χ1) is 11.5. The van der Waals surface area contributed by atoms with Gasteiger partial charge >= 0.3 is 0 Å². The van der Waals surface area contributed by atoms with E-state index in [-0.39, 0.29) is 5.91 Å². The Morgan fingerprint density at radius 3 is 3.00 bits per heavy atom. The number of carbonyl (C=O) groups is 1. The number of aromatic nitrogens is 2. The van der Waals surface area contributed by atoms with Crippen LogP contribution in [0.25, 0.3) is 0 Å². The van der Waals surface area contributed by atoms with Gasteiger partial charge in [0.1, 0.15) is 6.33 Å². The molecular formula is C18H21ClN4O. The number of carbonyl (C=O) groups excluding carboxylic acids is 1. The van der Waals surface area contributed by atoms with Crippen molar-refractivity contribution in [3.63, 3.8) is 0 Å². The molecule has 1 unspecified atom stereocenters. The molecule has 2 aromatic rings. The molecule has 0 saturated carbocycles. The van der Waals surface area contributed by atoms with Gasteiger partial charge in [-0.3, -0.25) is 4.79 Å². The number of amides is 1. The molecule has 1 aliphatic rings. The highest BCUT2D eigenvalue weighted by atomic mass is 35.5. The summed E-state index contributed by atoms with van der Waals surface area (Å²) in [5.74, 6) is 0.421. The van der Waals surface area contributed by atoms with Crippen LogP contribution in [0.5, 0.6) is 0 Å². The van der Waals surface area contributed by atoms with E-state index in [1.54, 1.807) is 13.0 Å². The number of benzene rings is 1. The molecule has 1 aliphatic heterocycles. The number of nitrogens with one attached hydrogen (secondary N) is 1. The Morgan fingerprint density at radius 2 is 2.25 bits per heavy atom. The lowest BCUT2D eigenvalue weighted by atomic mass is 9.99. The maximum absolute atomic E-state index is 12.6. The number of halogens is 1. The lowest BCUT2D eigenvalue weighted by molar-refractivity contribution is 0.102. The van der Waals surface area contributed by atoms with Crippen molar-refractivity contribution in [1.82, 2.24) is 9.97 Å². The van der Waals surface area contributed by atoms with E-state index < -0.39 is 0 Å². The maximum atomic E-state index is 12.6. The zero-order chi connectivity index (χ0) is 17.1. The van der Waals surface area contributed by atoms with Crippen LogP contribution in [0.4, 0.5) is 11.4 Å². The van der Waals surface area contributed by atoms with E-state index in [4.69, 9.17) is 11.6 Å². The smallest absolute Gasteiger partial charge is 0.259 e. The van der Waals surface area contributed by atoms with Gasteiger partial charge in [-0.25, -0.2) is 9.97 Å². The van der Waals surface area contributed by atoms with E-state index in [1.165, 1.54) is 18.9 Å². The molecule has 24 heavy (non-hydrogen) atoms. The molecule has 0 radical (unpaired) electrons. The molecule has 1 amide bonds. The van der Waals surface area contributed by atoms with Crippen LogP contribution in [-0.2, 0) is 0 Å². The SMILES string of the molecule is Cc1ncncc1C(=O)Nc1cc(Cl)ccc1N1CCCC(C)C1. The van der Waals surface area contributed by atoms with Crippen molar-refractivity contribution in [2.24, 2.45) is 5.92 Å². The molecular weight excluding hydrogens is 324 g/mol. The number of nitrogens with zero attached hydrogens (tertiary/aromatic N) is 3. The van der Waals surface area contributed by atoms with Crippen LogP contribution < -0.4 is 10.2 Å². The summed E-state index contributed by atoms with van der Waals surface area (Å²) in [6.07, 6.45) is 5.37. The van der Waals surface area contributed by atoms with Crippen molar-refractivity contribution in [1.29, 1.82) is 0 Å². The van der Waals surface area contributed by atoms with E-state index in [0.717, 1.165) is 30.9 Å². The van der Waals surface area contributed by atoms with Gasteiger partial charge in [0.25, 0.3) is 5.91 Å². The summed E-state index contributed by atoms with van der Waals surface area (Å²) in [4.78, 5) is 22.9. The van der Waals surface area contributed by atoms with E-state index in [9.17, 15) is 4.79 Å². The highest BCUT2D eigenvalue weighted by molar-refractivity contribution is 6.31. The first kappa shape index (κ1) is 16.7. The van der Waals surface area contributed by atoms with Crippen LogP contribution in [0.1, 0.15) is 35.8 Å². The number of hydrogen-bond acceptors (Lipinski definition) is 4. The molecule has 1 aromatic heterocycles. The van der Waals surface area contributed by atoms with E-state index >= 15 is 0 Å². The lowest BCUT2D eigenvalue weighted by Crippen LogP contribution is -2.34. The molecule has 0 bridgehead atoms. The molecule has 5 nitrogen and oxygen atoms in total. The average molecular weight is 345 g/mol. The van der Waals surface area contributed by atoms with E-state index in [0.29, 0.717) is 22.2 Å². The summed E-state index contributed by atoms with van der Waals surface area (Å²) in [6, 6.07) is 5.64. The third kappa shape index (κ3) is 3.67. The summed E-state index contributed by atoms with van der Waals surface area (Å²) >= 11 is 6.15. The predicted octanol–water partition coefficient (Wildman–Crippen LogP) is 3.93. The first-order valence-electron chi connectivity index (χ1n) is 8.17. The van der Waals surface area contributed by atoms with Crippen molar-refractivity contribution < 1.29 is 4.79 Å². The highest BCUT2D eigenvalue weighted by Crippen LogP contribution is 2.32. The van der Waals surface area contributed by atoms with Crippen LogP contribution in [-0.4, -0.2) is 29.0 Å². The Morgan fingerprint density at radius 1 is 1.42 bits per heavy atom. The van der Waals surface area contributed by atoms with Crippen LogP contribution in [0.2, 0.25) is 5.02 Å². The van der Waals surface area contributed by atoms with E-state index in [2.05, 4.69) is 27.1 Å². The van der Waals surface area contributed by atoms with Gasteiger partial charge in [0.2, 0.25) is 0 Å². The second-order valence-corrected chi connectivity index (χ2v) is 6.77. The summed E-state index contributed by atoms with van der Waals surface area (Å²) < 4.78 is 0. The number of piperidine rings is 1. The zero-order valence-electron chi connectivity index (χ0n) is 13.9. The average Bonchev–Trinajstić information content (AvgIpc) is 2.55. The molecule has 126 valence electrons. The Bertz CT molecular complexity index is 750. The first-order valence-corrected chi connectivity index (χ1v) is 8.55. The van der Waals surface area contributed by atoms with Crippen molar-refractivity contribution >= 4 is 28.9 Å². The lowest BCUT2D eigenvalue weighted by Gasteiger charge is -2.34. The fourth-order valence-electron chi connectivity index (χ4n) is 3.10. The van der Waals surface area contributed by atoms with Gasteiger partial charge in [-0.2, -0.15) is 0 Å². The Hall–Kier alpha value is -2.14. The van der Waals surface area contributed by atoms with Gasteiger partial charge in [-0.15, -0.1) is 0 Å². The number of hydrogen-bond donors (Lipinski definition) is 1. The quantitative estimate of drug-likeness (QED) is 0.916. The summed E-state index contributed by atoms with van der Waals surface area (Å²) in [5, 5.41) is 3.57. The Labute approximate surface area is 147 Å². The zero-order valence-corrected chi connectivity index (χ0v) is 14.7. The van der Waals surface area contributed by atoms with Gasteiger partial charge in [-0.1, -0.05) is 18.5 Å². The largest absolute Gasteiger partial charge is 0.370 e. The topological polar surface area (TPSA) is 58.1 Å². The number of rotatable bonds is 3. The predicted molar refractivity (Wildman–Crippen MR) is 96.8 cm³/mol. The van der Waals surface area contributed by atoms with Crippen molar-refractivity contribution in [3.05, 3.63) is 47.0 Å². The van der Waals surface area contributed by atoms with Gasteiger partial charge in [0, 0.05) is 24.3 Å². The molecule has 1 aromatic carbocycles. The molecule has 1 N–H and O–H groups in total. The minimum atomic E-state index is -0.221. The van der Waals surface area contributed by atoms with Crippen molar-refractivity contribution in [3.8, 4) is 0 Å². The number of anilines is 2. The maximum Gasteiger partial charge on any atom is 0.259 e. The summed E-state index contributed by atoms with van der Waals surface area (Å²) in [5.41, 5.74) is 2.85. The van der Waals surface area contributed by atoms with Crippen molar-refractivity contribution in [2.45, 2.75) is 26.7 Å². The summed E-state index contributed by atoms with van der Waals surface area (Å²) in [7, 11) is 0. The molecule has 2 heterocycles. The van der Waals surface area contributed by atoms with Gasteiger partial charge < -0.3 is 10.2 Å². The molecule has 1 saturated heterocycles. The Kier molecular flexibility index (Phi) is 5.00. The van der Waals surface area contributed by atoms with Gasteiger partial charge in [-0.05, 0) is 43.9 Å². The molecule has 0 spiro atoms. The fraction of sp³-hybridized carbons (Fsp3) is 0.389.